The minimum atomic E-state index is 0.0275. The number of aliphatic hydroxyl groups is 1. The highest BCUT2D eigenvalue weighted by Gasteiger charge is 2.17. The van der Waals surface area contributed by atoms with Crippen LogP contribution in [0.1, 0.15) is 52.7 Å². The summed E-state index contributed by atoms with van der Waals surface area (Å²) in [6.07, 6.45) is 2.61. The lowest BCUT2D eigenvalue weighted by molar-refractivity contribution is 0.281. The summed E-state index contributed by atoms with van der Waals surface area (Å²) in [6.45, 7) is 4.84. The lowest BCUT2D eigenvalue weighted by atomic mass is 9.98. The van der Waals surface area contributed by atoms with Crippen molar-refractivity contribution in [2.45, 2.75) is 46.3 Å². The van der Waals surface area contributed by atoms with E-state index in [0.717, 1.165) is 69.1 Å². The van der Waals surface area contributed by atoms with Gasteiger partial charge >= 0.3 is 0 Å². The second-order valence-electron chi connectivity index (χ2n) is 9.44. The van der Waals surface area contributed by atoms with Crippen LogP contribution >= 0.6 is 0 Å². The van der Waals surface area contributed by atoms with Gasteiger partial charge in [0, 0.05) is 36.8 Å². The van der Waals surface area contributed by atoms with Gasteiger partial charge < -0.3 is 15.7 Å². The summed E-state index contributed by atoms with van der Waals surface area (Å²) in [6, 6.07) is 24.2. The maximum atomic E-state index is 9.60. The average molecular weight is 494 g/mol. The maximum absolute atomic E-state index is 9.60. The maximum Gasteiger partial charge on any atom is 0.136 e. The molecule has 0 atom stereocenters. The summed E-state index contributed by atoms with van der Waals surface area (Å²) < 4.78 is 0. The van der Waals surface area contributed by atoms with Crippen LogP contribution in [-0.2, 0) is 26.0 Å². The van der Waals surface area contributed by atoms with Gasteiger partial charge in [-0.2, -0.15) is 0 Å². The van der Waals surface area contributed by atoms with Crippen LogP contribution in [0.3, 0.4) is 0 Å². The van der Waals surface area contributed by atoms with Crippen molar-refractivity contribution in [2.24, 2.45) is 5.73 Å². The fraction of sp³-hybridized carbons (Fsp3) is 0.258. The van der Waals surface area contributed by atoms with Crippen molar-refractivity contribution in [1.82, 2.24) is 9.97 Å². The second-order valence-corrected chi connectivity index (χ2v) is 9.44. The van der Waals surface area contributed by atoms with Crippen LogP contribution in [0, 0.1) is 12.3 Å². The van der Waals surface area contributed by atoms with E-state index in [1.807, 2.05) is 43.3 Å². The van der Waals surface area contributed by atoms with Gasteiger partial charge in [-0.3, -0.25) is 5.41 Å². The van der Waals surface area contributed by atoms with Crippen molar-refractivity contribution in [3.8, 4) is 11.1 Å². The van der Waals surface area contributed by atoms with Crippen LogP contribution < -0.4 is 10.6 Å². The smallest absolute Gasteiger partial charge is 0.136 e. The first-order valence-electron chi connectivity index (χ1n) is 12.7. The standard InChI is InChI=1S/C31H35N5O/c1-4-8-29-28(18-23-9-7-10-24(17-23)20-37)31(35-21(2)34-29)36(3)19-22-13-15-25(16-14-22)26-11-5-6-12-27(26)30(32)33/h5-7,9-17,37H,4,8,18-20H2,1-3H3,(H3,32,33). The third-order valence-electron chi connectivity index (χ3n) is 6.49. The van der Waals surface area contributed by atoms with Gasteiger partial charge in [-0.15, -0.1) is 0 Å². The number of nitrogen functional groups attached to an aromatic ring is 1. The van der Waals surface area contributed by atoms with E-state index in [1.165, 1.54) is 0 Å². The highest BCUT2D eigenvalue weighted by Crippen LogP contribution is 2.28. The largest absolute Gasteiger partial charge is 0.392 e. The molecule has 0 spiro atoms. The minimum absolute atomic E-state index is 0.0275. The Labute approximate surface area is 219 Å². The lowest BCUT2D eigenvalue weighted by Crippen LogP contribution is -2.22. The summed E-state index contributed by atoms with van der Waals surface area (Å²) in [5, 5.41) is 17.5. The Bertz CT molecular complexity index is 1380. The Kier molecular flexibility index (Phi) is 8.31. The molecule has 3 aromatic carbocycles. The molecule has 0 fully saturated rings. The van der Waals surface area contributed by atoms with Crippen LogP contribution in [0.4, 0.5) is 5.82 Å². The van der Waals surface area contributed by atoms with Gasteiger partial charge in [0.1, 0.15) is 17.5 Å². The van der Waals surface area contributed by atoms with E-state index in [-0.39, 0.29) is 12.4 Å². The zero-order chi connectivity index (χ0) is 26.4. The Morgan fingerprint density at radius 1 is 0.946 bits per heavy atom. The number of rotatable bonds is 10. The molecule has 0 amide bonds. The summed E-state index contributed by atoms with van der Waals surface area (Å²) in [5.41, 5.74) is 13.9. The fourth-order valence-corrected chi connectivity index (χ4v) is 4.73. The Balaban J connectivity index is 1.63. The number of aromatic nitrogens is 2. The number of hydrogen-bond acceptors (Lipinski definition) is 5. The molecule has 4 N–H and O–H groups in total. The first kappa shape index (κ1) is 26.0. The van der Waals surface area contributed by atoms with Gasteiger partial charge in [-0.1, -0.05) is 86.1 Å². The van der Waals surface area contributed by atoms with Crippen molar-refractivity contribution < 1.29 is 5.11 Å². The number of benzene rings is 3. The van der Waals surface area contributed by atoms with Crippen molar-refractivity contribution in [3.05, 3.63) is 112 Å². The highest BCUT2D eigenvalue weighted by atomic mass is 16.3. The fourth-order valence-electron chi connectivity index (χ4n) is 4.73. The highest BCUT2D eigenvalue weighted by molar-refractivity contribution is 6.01. The number of hydrogen-bond donors (Lipinski definition) is 3. The number of nitrogens with two attached hydrogens (primary N) is 1. The molecule has 1 aromatic heterocycles. The Hall–Kier alpha value is -4.03. The van der Waals surface area contributed by atoms with Gasteiger partial charge in [0.15, 0.2) is 0 Å². The van der Waals surface area contributed by atoms with Crippen LogP contribution in [-0.4, -0.2) is 28.0 Å². The molecule has 0 unspecified atom stereocenters. The van der Waals surface area contributed by atoms with Gasteiger partial charge in [0.05, 0.1) is 6.61 Å². The number of nitrogens with one attached hydrogen (secondary N) is 1. The molecule has 0 bridgehead atoms. The number of aryl methyl sites for hydroxylation is 2. The average Bonchev–Trinajstić information content (AvgIpc) is 2.90. The Morgan fingerprint density at radius 2 is 1.68 bits per heavy atom. The van der Waals surface area contributed by atoms with E-state index in [4.69, 9.17) is 21.1 Å². The molecule has 190 valence electrons. The van der Waals surface area contributed by atoms with E-state index in [9.17, 15) is 5.11 Å². The van der Waals surface area contributed by atoms with Gasteiger partial charge in [-0.05, 0) is 41.2 Å². The van der Waals surface area contributed by atoms with Crippen LogP contribution in [0.15, 0.2) is 72.8 Å². The zero-order valence-corrected chi connectivity index (χ0v) is 21.8. The minimum Gasteiger partial charge on any atom is -0.392 e. The summed E-state index contributed by atoms with van der Waals surface area (Å²) in [7, 11) is 2.07. The van der Waals surface area contributed by atoms with E-state index in [1.54, 1.807) is 0 Å². The molecule has 0 saturated heterocycles. The third-order valence-corrected chi connectivity index (χ3v) is 6.49. The molecule has 6 nitrogen and oxygen atoms in total. The monoisotopic (exact) mass is 493 g/mol. The topological polar surface area (TPSA) is 99.1 Å². The van der Waals surface area contributed by atoms with Crippen LogP contribution in [0.25, 0.3) is 11.1 Å². The number of anilines is 1. The molecule has 0 saturated carbocycles. The number of nitrogens with zero attached hydrogens (tertiary/aromatic N) is 3. The first-order valence-corrected chi connectivity index (χ1v) is 12.7. The van der Waals surface area contributed by atoms with Gasteiger partial charge in [0.2, 0.25) is 0 Å². The zero-order valence-electron chi connectivity index (χ0n) is 21.8. The van der Waals surface area contributed by atoms with Gasteiger partial charge in [-0.25, -0.2) is 9.97 Å². The lowest BCUT2D eigenvalue weighted by Gasteiger charge is -2.24. The molecule has 4 rings (SSSR count). The first-order chi connectivity index (χ1) is 17.9. The molecule has 6 heteroatoms. The van der Waals surface area contributed by atoms with Crippen LogP contribution in [0.2, 0.25) is 0 Å². The second kappa shape index (κ2) is 11.8. The van der Waals surface area contributed by atoms with Gasteiger partial charge in [0.25, 0.3) is 0 Å². The van der Waals surface area contributed by atoms with E-state index in [2.05, 4.69) is 55.3 Å². The van der Waals surface area contributed by atoms with Crippen LogP contribution in [0.5, 0.6) is 0 Å². The summed E-state index contributed by atoms with van der Waals surface area (Å²) in [5.74, 6) is 1.78. The molecular formula is C31H35N5O. The van der Waals surface area contributed by atoms with Crippen molar-refractivity contribution in [3.63, 3.8) is 0 Å². The molecular weight excluding hydrogens is 458 g/mol. The normalized spacial score (nSPS) is 10.9. The molecule has 37 heavy (non-hydrogen) atoms. The Morgan fingerprint density at radius 3 is 2.38 bits per heavy atom. The predicted octanol–water partition coefficient (Wildman–Crippen LogP) is 5.41. The summed E-state index contributed by atoms with van der Waals surface area (Å²) >= 11 is 0. The molecule has 0 radical (unpaired) electrons. The van der Waals surface area contributed by atoms with E-state index in [0.29, 0.717) is 13.0 Å². The molecule has 0 aliphatic heterocycles. The predicted molar refractivity (Wildman–Crippen MR) is 151 cm³/mol. The summed E-state index contributed by atoms with van der Waals surface area (Å²) in [4.78, 5) is 11.9. The number of amidine groups is 1. The molecule has 0 aliphatic carbocycles. The van der Waals surface area contributed by atoms with E-state index >= 15 is 0 Å². The molecule has 1 heterocycles. The quantitative estimate of drug-likeness (QED) is 0.203. The van der Waals surface area contributed by atoms with Crippen molar-refractivity contribution in [2.75, 3.05) is 11.9 Å². The van der Waals surface area contributed by atoms with Crippen molar-refractivity contribution >= 4 is 11.7 Å². The molecule has 0 aliphatic rings. The molecule has 4 aromatic rings. The van der Waals surface area contributed by atoms with E-state index < -0.39 is 0 Å². The van der Waals surface area contributed by atoms with Crippen molar-refractivity contribution in [1.29, 1.82) is 5.41 Å². The third kappa shape index (κ3) is 6.22. The number of aliphatic hydroxyl groups excluding tert-OH is 1. The SMILES string of the molecule is CCCc1nc(C)nc(N(C)Cc2ccc(-c3ccccc3C(=N)N)cc2)c1Cc1cccc(CO)c1.